The van der Waals surface area contributed by atoms with Crippen LogP contribution in [0.15, 0.2) is 41.1 Å². The Labute approximate surface area is 192 Å². The zero-order chi connectivity index (χ0) is 22.0. The quantitative estimate of drug-likeness (QED) is 0.540. The number of pyridine rings is 1. The Morgan fingerprint density at radius 3 is 2.67 bits per heavy atom. The molecule has 1 N–H and O–H groups in total. The maximum Gasteiger partial charge on any atom is 0.276 e. The minimum Gasteiger partial charge on any atom is -0.352 e. The van der Waals surface area contributed by atoms with Crippen LogP contribution in [-0.4, -0.2) is 40.2 Å². The van der Waals surface area contributed by atoms with E-state index in [1.54, 1.807) is 50.5 Å². The molecule has 0 aliphatic rings. The Morgan fingerprint density at radius 2 is 2.00 bits per heavy atom. The number of benzene rings is 1. The number of hydrogen-bond acceptors (Lipinski definition) is 4. The predicted molar refractivity (Wildman–Crippen MR) is 121 cm³/mol. The molecule has 0 bridgehead atoms. The monoisotopic (exact) mass is 509 g/mol. The first kappa shape index (κ1) is 22.3. The van der Waals surface area contributed by atoms with E-state index in [9.17, 15) is 9.59 Å². The van der Waals surface area contributed by atoms with Crippen LogP contribution >= 0.6 is 39.1 Å². The standard InChI is InChI=1S/C20H18BrCl2N5O2/c1-4-24-19(29)13-9-12(22)8-11(2)17(13)27(3)20(30)15-10-16(21)26-28(15)18-14(23)6-5-7-25-18/h5-10H,4H2,1-3H3,(H,24,29). The maximum absolute atomic E-state index is 13.4. The van der Waals surface area contributed by atoms with Crippen LogP contribution in [0.1, 0.15) is 33.3 Å². The molecular formula is C20H18BrCl2N5O2. The van der Waals surface area contributed by atoms with Crippen molar-refractivity contribution in [3.8, 4) is 5.82 Å². The molecule has 156 valence electrons. The van der Waals surface area contributed by atoms with Crippen molar-refractivity contribution in [2.75, 3.05) is 18.5 Å². The van der Waals surface area contributed by atoms with E-state index in [0.717, 1.165) is 0 Å². The Bertz CT molecular complexity index is 1130. The van der Waals surface area contributed by atoms with E-state index in [1.807, 2.05) is 6.92 Å². The average molecular weight is 511 g/mol. The Hall–Kier alpha value is -2.42. The number of carbonyl (C=O) groups is 2. The van der Waals surface area contributed by atoms with Gasteiger partial charge in [0.25, 0.3) is 11.8 Å². The van der Waals surface area contributed by atoms with E-state index in [2.05, 4.69) is 31.3 Å². The number of aromatic nitrogens is 3. The summed E-state index contributed by atoms with van der Waals surface area (Å²) in [6, 6.07) is 8.16. The van der Waals surface area contributed by atoms with Gasteiger partial charge in [-0.25, -0.2) is 9.67 Å². The molecule has 3 aromatic rings. The van der Waals surface area contributed by atoms with Crippen LogP contribution in [0.5, 0.6) is 0 Å². The molecule has 7 nitrogen and oxygen atoms in total. The third-order valence-electron chi connectivity index (χ3n) is 4.33. The van der Waals surface area contributed by atoms with Gasteiger partial charge in [-0.1, -0.05) is 23.2 Å². The highest BCUT2D eigenvalue weighted by Gasteiger charge is 2.26. The smallest absolute Gasteiger partial charge is 0.276 e. The van der Waals surface area contributed by atoms with Gasteiger partial charge in [0.2, 0.25) is 0 Å². The number of amides is 2. The summed E-state index contributed by atoms with van der Waals surface area (Å²) < 4.78 is 1.81. The van der Waals surface area contributed by atoms with Crippen molar-refractivity contribution in [1.82, 2.24) is 20.1 Å². The van der Waals surface area contributed by atoms with Crippen molar-refractivity contribution in [3.63, 3.8) is 0 Å². The number of anilines is 1. The van der Waals surface area contributed by atoms with Crippen molar-refractivity contribution in [2.45, 2.75) is 13.8 Å². The molecule has 0 atom stereocenters. The molecule has 1 aromatic carbocycles. The van der Waals surface area contributed by atoms with Crippen LogP contribution in [0.25, 0.3) is 5.82 Å². The average Bonchev–Trinajstić information content (AvgIpc) is 3.08. The van der Waals surface area contributed by atoms with Gasteiger partial charge in [-0.3, -0.25) is 9.59 Å². The lowest BCUT2D eigenvalue weighted by Crippen LogP contribution is -2.32. The minimum absolute atomic E-state index is 0.223. The molecule has 0 radical (unpaired) electrons. The molecule has 3 rings (SSSR count). The zero-order valence-corrected chi connectivity index (χ0v) is 19.5. The summed E-state index contributed by atoms with van der Waals surface area (Å²) in [6.07, 6.45) is 1.56. The summed E-state index contributed by atoms with van der Waals surface area (Å²) >= 11 is 15.7. The number of nitrogens with zero attached hydrogens (tertiary/aromatic N) is 4. The van der Waals surface area contributed by atoms with Gasteiger partial charge in [0.15, 0.2) is 5.82 Å². The van der Waals surface area contributed by atoms with Gasteiger partial charge < -0.3 is 10.2 Å². The maximum atomic E-state index is 13.4. The van der Waals surface area contributed by atoms with Gasteiger partial charge in [0.05, 0.1) is 16.3 Å². The molecule has 2 heterocycles. The Kier molecular flexibility index (Phi) is 6.80. The van der Waals surface area contributed by atoms with E-state index in [-0.39, 0.29) is 11.6 Å². The van der Waals surface area contributed by atoms with Crippen LogP contribution in [-0.2, 0) is 0 Å². The van der Waals surface area contributed by atoms with Crippen LogP contribution < -0.4 is 10.2 Å². The first-order valence-corrected chi connectivity index (χ1v) is 10.5. The fourth-order valence-corrected chi connectivity index (χ4v) is 3.93. The van der Waals surface area contributed by atoms with Crippen molar-refractivity contribution < 1.29 is 9.59 Å². The third-order valence-corrected chi connectivity index (χ3v) is 5.23. The van der Waals surface area contributed by atoms with Gasteiger partial charge in [-0.2, -0.15) is 5.10 Å². The first-order valence-electron chi connectivity index (χ1n) is 8.97. The van der Waals surface area contributed by atoms with Gasteiger partial charge in [-0.15, -0.1) is 0 Å². The van der Waals surface area contributed by atoms with Gasteiger partial charge in [-0.05, 0) is 59.6 Å². The number of rotatable bonds is 5. The first-order chi connectivity index (χ1) is 14.2. The summed E-state index contributed by atoms with van der Waals surface area (Å²) in [6.45, 7) is 4.05. The number of nitrogens with one attached hydrogen (secondary N) is 1. The predicted octanol–water partition coefficient (Wildman–Crippen LogP) is 4.67. The molecule has 0 unspecified atom stereocenters. The summed E-state index contributed by atoms with van der Waals surface area (Å²) in [7, 11) is 1.59. The molecule has 0 fully saturated rings. The fraction of sp³-hybridized carbons (Fsp3) is 0.200. The van der Waals surface area contributed by atoms with E-state index in [1.165, 1.54) is 9.58 Å². The highest BCUT2D eigenvalue weighted by Crippen LogP contribution is 2.30. The topological polar surface area (TPSA) is 80.1 Å². The van der Waals surface area contributed by atoms with Crippen molar-refractivity contribution in [1.29, 1.82) is 0 Å². The minimum atomic E-state index is -0.397. The second-order valence-corrected chi connectivity index (χ2v) is 8.07. The van der Waals surface area contributed by atoms with Gasteiger partial charge >= 0.3 is 0 Å². The third kappa shape index (κ3) is 4.35. The van der Waals surface area contributed by atoms with Crippen molar-refractivity contribution >= 4 is 56.6 Å². The molecule has 0 saturated heterocycles. The summed E-state index contributed by atoms with van der Waals surface area (Å²) in [4.78, 5) is 31.7. The summed E-state index contributed by atoms with van der Waals surface area (Å²) in [5.74, 6) is -0.399. The molecule has 10 heteroatoms. The Balaban J connectivity index is 2.11. The van der Waals surface area contributed by atoms with Crippen LogP contribution in [0.2, 0.25) is 10.0 Å². The second-order valence-electron chi connectivity index (χ2n) is 6.42. The van der Waals surface area contributed by atoms with E-state index in [4.69, 9.17) is 23.2 Å². The normalized spacial score (nSPS) is 10.7. The molecular weight excluding hydrogens is 493 g/mol. The molecule has 30 heavy (non-hydrogen) atoms. The van der Waals surface area contributed by atoms with Crippen LogP contribution in [0.4, 0.5) is 5.69 Å². The molecule has 2 amide bonds. The van der Waals surface area contributed by atoms with Gasteiger partial charge in [0, 0.05) is 30.9 Å². The van der Waals surface area contributed by atoms with Crippen LogP contribution in [0, 0.1) is 6.92 Å². The molecule has 0 aliphatic carbocycles. The SMILES string of the molecule is CCNC(=O)c1cc(Cl)cc(C)c1N(C)C(=O)c1cc(Br)nn1-c1ncccc1Cl. The fourth-order valence-electron chi connectivity index (χ4n) is 3.08. The van der Waals surface area contributed by atoms with E-state index >= 15 is 0 Å². The molecule has 2 aromatic heterocycles. The molecule has 0 aliphatic heterocycles. The highest BCUT2D eigenvalue weighted by molar-refractivity contribution is 9.10. The van der Waals surface area contributed by atoms with Crippen molar-refractivity contribution in [3.05, 3.63) is 68.0 Å². The summed E-state index contributed by atoms with van der Waals surface area (Å²) in [5.41, 5.74) is 1.66. The van der Waals surface area contributed by atoms with E-state index < -0.39 is 5.91 Å². The zero-order valence-electron chi connectivity index (χ0n) is 16.4. The van der Waals surface area contributed by atoms with Crippen LogP contribution in [0.3, 0.4) is 0 Å². The number of carbonyl (C=O) groups excluding carboxylic acids is 2. The number of halogens is 3. The second kappa shape index (κ2) is 9.16. The van der Waals surface area contributed by atoms with Crippen molar-refractivity contribution in [2.24, 2.45) is 0 Å². The summed E-state index contributed by atoms with van der Waals surface area (Å²) in [5, 5.41) is 7.80. The largest absolute Gasteiger partial charge is 0.352 e. The number of aryl methyl sites for hydroxylation is 1. The molecule has 0 spiro atoms. The lowest BCUT2D eigenvalue weighted by molar-refractivity contribution is 0.0956. The number of hydrogen-bond donors (Lipinski definition) is 1. The highest BCUT2D eigenvalue weighted by atomic mass is 79.9. The van der Waals surface area contributed by atoms with Gasteiger partial charge in [0.1, 0.15) is 10.3 Å². The lowest BCUT2D eigenvalue weighted by atomic mass is 10.1. The van der Waals surface area contributed by atoms with E-state index in [0.29, 0.717) is 43.8 Å². The molecule has 0 saturated carbocycles. The lowest BCUT2D eigenvalue weighted by Gasteiger charge is -2.23. The Morgan fingerprint density at radius 1 is 1.27 bits per heavy atom.